The van der Waals surface area contributed by atoms with Crippen LogP contribution in [0.25, 0.3) is 0 Å². The van der Waals surface area contributed by atoms with Crippen molar-refractivity contribution in [3.63, 3.8) is 0 Å². The highest BCUT2D eigenvalue weighted by Crippen LogP contribution is 2.30. The second kappa shape index (κ2) is 5.89. The fraction of sp³-hybridized carbons (Fsp3) is 1.00. The molecule has 1 aliphatic heterocycles. The van der Waals surface area contributed by atoms with Gasteiger partial charge in [-0.2, -0.15) is 0 Å². The lowest BCUT2D eigenvalue weighted by molar-refractivity contribution is 0.000642. The molecule has 18 heavy (non-hydrogen) atoms. The van der Waals surface area contributed by atoms with Crippen LogP contribution in [0.4, 0.5) is 0 Å². The molecule has 1 saturated carbocycles. The average molecular weight is 253 g/mol. The van der Waals surface area contributed by atoms with Gasteiger partial charge in [0.2, 0.25) is 0 Å². The Bertz CT molecular complexity index is 264. The fourth-order valence-electron chi connectivity index (χ4n) is 3.68. The molecule has 1 heterocycles. The van der Waals surface area contributed by atoms with Crippen LogP contribution in [0, 0.1) is 5.92 Å². The van der Waals surface area contributed by atoms with Crippen LogP contribution in [-0.2, 0) is 0 Å². The second-order valence-electron chi connectivity index (χ2n) is 6.91. The summed E-state index contributed by atoms with van der Waals surface area (Å²) in [6, 6.07) is 0.741. The summed E-state index contributed by atoms with van der Waals surface area (Å²) in [5.74, 6) is 0.728. The third kappa shape index (κ3) is 3.06. The highest BCUT2D eigenvalue weighted by atomic mass is 15.3. The van der Waals surface area contributed by atoms with Crippen LogP contribution in [-0.4, -0.2) is 54.6 Å². The Labute approximate surface area is 113 Å². The molecule has 2 N–H and O–H groups in total. The van der Waals surface area contributed by atoms with Gasteiger partial charge in [-0.05, 0) is 46.2 Å². The summed E-state index contributed by atoms with van der Waals surface area (Å²) in [5.41, 5.74) is 6.34. The van der Waals surface area contributed by atoms with Crippen molar-refractivity contribution in [3.05, 3.63) is 0 Å². The molecule has 2 rings (SSSR count). The molecule has 3 nitrogen and oxygen atoms in total. The largest absolute Gasteiger partial charge is 0.330 e. The monoisotopic (exact) mass is 253 g/mol. The maximum absolute atomic E-state index is 6.03. The van der Waals surface area contributed by atoms with Crippen molar-refractivity contribution in [3.8, 4) is 0 Å². The second-order valence-corrected chi connectivity index (χ2v) is 6.91. The number of likely N-dealkylation sites (N-methyl/N-ethyl adjacent to an activating group) is 1. The quantitative estimate of drug-likeness (QED) is 0.763. The van der Waals surface area contributed by atoms with E-state index in [0.717, 1.165) is 18.5 Å². The molecule has 0 bridgehead atoms. The molecule has 1 aliphatic carbocycles. The van der Waals surface area contributed by atoms with Crippen molar-refractivity contribution in [1.29, 1.82) is 0 Å². The Morgan fingerprint density at radius 2 is 1.83 bits per heavy atom. The van der Waals surface area contributed by atoms with Gasteiger partial charge >= 0.3 is 0 Å². The van der Waals surface area contributed by atoms with E-state index in [9.17, 15) is 0 Å². The van der Waals surface area contributed by atoms with E-state index in [-0.39, 0.29) is 0 Å². The molecule has 2 atom stereocenters. The Morgan fingerprint density at radius 3 is 2.50 bits per heavy atom. The van der Waals surface area contributed by atoms with Gasteiger partial charge in [0, 0.05) is 31.2 Å². The fourth-order valence-corrected chi connectivity index (χ4v) is 3.68. The van der Waals surface area contributed by atoms with Crippen molar-refractivity contribution in [2.24, 2.45) is 11.7 Å². The van der Waals surface area contributed by atoms with Crippen molar-refractivity contribution < 1.29 is 0 Å². The van der Waals surface area contributed by atoms with E-state index in [1.54, 1.807) is 0 Å². The third-order valence-corrected chi connectivity index (χ3v) is 5.24. The summed E-state index contributed by atoms with van der Waals surface area (Å²) in [6.07, 6.45) is 6.89. The topological polar surface area (TPSA) is 32.5 Å². The first kappa shape index (κ1) is 14.3. The van der Waals surface area contributed by atoms with Gasteiger partial charge in [0.25, 0.3) is 0 Å². The summed E-state index contributed by atoms with van der Waals surface area (Å²) in [7, 11) is 2.25. The molecule has 3 heteroatoms. The molecule has 2 aliphatic rings. The van der Waals surface area contributed by atoms with E-state index in [1.165, 1.54) is 51.7 Å². The first-order valence-electron chi connectivity index (χ1n) is 7.70. The minimum atomic E-state index is 0.309. The molecule has 1 saturated heterocycles. The van der Waals surface area contributed by atoms with Gasteiger partial charge in [0.15, 0.2) is 0 Å². The Kier molecular flexibility index (Phi) is 4.68. The maximum Gasteiger partial charge on any atom is 0.0277 e. The van der Waals surface area contributed by atoms with E-state index in [1.807, 2.05) is 0 Å². The third-order valence-electron chi connectivity index (χ3n) is 5.24. The molecule has 0 aromatic heterocycles. The lowest BCUT2D eigenvalue weighted by atomic mass is 9.90. The van der Waals surface area contributed by atoms with Gasteiger partial charge in [-0.3, -0.25) is 9.80 Å². The predicted octanol–water partition coefficient (Wildman–Crippen LogP) is 1.92. The highest BCUT2D eigenvalue weighted by molar-refractivity contribution is 4.93. The van der Waals surface area contributed by atoms with E-state index in [2.05, 4.69) is 30.7 Å². The zero-order valence-corrected chi connectivity index (χ0v) is 12.5. The summed E-state index contributed by atoms with van der Waals surface area (Å²) < 4.78 is 0. The lowest BCUT2D eigenvalue weighted by Gasteiger charge is -2.49. The van der Waals surface area contributed by atoms with Crippen LogP contribution < -0.4 is 5.73 Å². The van der Waals surface area contributed by atoms with Crippen LogP contribution in [0.3, 0.4) is 0 Å². The number of piperazine rings is 1. The smallest absolute Gasteiger partial charge is 0.0277 e. The highest BCUT2D eigenvalue weighted by Gasteiger charge is 2.36. The molecule has 2 unspecified atom stereocenters. The zero-order chi connectivity index (χ0) is 13.2. The van der Waals surface area contributed by atoms with Gasteiger partial charge in [-0.15, -0.1) is 0 Å². The van der Waals surface area contributed by atoms with Crippen LogP contribution in [0.2, 0.25) is 0 Å². The van der Waals surface area contributed by atoms with Crippen molar-refractivity contribution in [2.75, 3.05) is 33.2 Å². The summed E-state index contributed by atoms with van der Waals surface area (Å²) >= 11 is 0. The first-order chi connectivity index (χ1) is 8.54. The molecular formula is C15H31N3. The number of hydrogen-bond acceptors (Lipinski definition) is 3. The van der Waals surface area contributed by atoms with E-state index in [4.69, 9.17) is 5.73 Å². The van der Waals surface area contributed by atoms with E-state index < -0.39 is 0 Å². The number of nitrogens with two attached hydrogens (primary N) is 1. The maximum atomic E-state index is 6.03. The number of nitrogens with zero attached hydrogens (tertiary/aromatic N) is 2. The molecule has 0 aromatic rings. The molecule has 2 fully saturated rings. The van der Waals surface area contributed by atoms with Crippen LogP contribution in [0.5, 0.6) is 0 Å². The predicted molar refractivity (Wildman–Crippen MR) is 77.7 cm³/mol. The minimum Gasteiger partial charge on any atom is -0.330 e. The molecule has 106 valence electrons. The molecule has 0 radical (unpaired) electrons. The van der Waals surface area contributed by atoms with Crippen LogP contribution >= 0.6 is 0 Å². The van der Waals surface area contributed by atoms with Gasteiger partial charge in [-0.1, -0.05) is 19.3 Å². The summed E-state index contributed by atoms with van der Waals surface area (Å²) in [6.45, 7) is 9.23. The zero-order valence-electron chi connectivity index (χ0n) is 12.5. The van der Waals surface area contributed by atoms with E-state index in [0.29, 0.717) is 5.54 Å². The van der Waals surface area contributed by atoms with Crippen molar-refractivity contribution >= 4 is 0 Å². The SMILES string of the molecule is CN1CCN(C2CCCCCC2CN)CC1(C)C. The summed E-state index contributed by atoms with van der Waals surface area (Å²) in [5, 5.41) is 0. The number of hydrogen-bond donors (Lipinski definition) is 1. The molecule has 0 spiro atoms. The van der Waals surface area contributed by atoms with Crippen LogP contribution in [0.1, 0.15) is 46.0 Å². The first-order valence-corrected chi connectivity index (χ1v) is 7.70. The van der Waals surface area contributed by atoms with Crippen molar-refractivity contribution in [1.82, 2.24) is 9.80 Å². The normalized spacial score (nSPS) is 35.3. The molecular weight excluding hydrogens is 222 g/mol. The standard InChI is InChI=1S/C15H31N3/c1-15(2)12-18(10-9-17(15)3)14-8-6-4-5-7-13(14)11-16/h13-14H,4-12,16H2,1-3H3. The van der Waals surface area contributed by atoms with Gasteiger partial charge in [-0.25, -0.2) is 0 Å². The minimum absolute atomic E-state index is 0.309. The Morgan fingerprint density at radius 1 is 1.11 bits per heavy atom. The van der Waals surface area contributed by atoms with E-state index >= 15 is 0 Å². The van der Waals surface area contributed by atoms with Crippen molar-refractivity contribution in [2.45, 2.75) is 57.5 Å². The van der Waals surface area contributed by atoms with Gasteiger partial charge in [0.1, 0.15) is 0 Å². The lowest BCUT2D eigenvalue weighted by Crippen LogP contribution is -2.61. The van der Waals surface area contributed by atoms with Gasteiger partial charge in [0.05, 0.1) is 0 Å². The van der Waals surface area contributed by atoms with Gasteiger partial charge < -0.3 is 5.73 Å². The number of rotatable bonds is 2. The van der Waals surface area contributed by atoms with Crippen LogP contribution in [0.15, 0.2) is 0 Å². The Balaban J connectivity index is 2.04. The molecule has 0 amide bonds. The summed E-state index contributed by atoms with van der Waals surface area (Å²) in [4.78, 5) is 5.24. The average Bonchev–Trinajstić information content (AvgIpc) is 2.57. The Hall–Kier alpha value is -0.120. The molecule has 0 aromatic carbocycles.